The zero-order chi connectivity index (χ0) is 13.1. The summed E-state index contributed by atoms with van der Waals surface area (Å²) >= 11 is 3.39. The Morgan fingerprint density at radius 1 is 1.28 bits per heavy atom. The van der Waals surface area contributed by atoms with E-state index < -0.39 is 12.2 Å². The third kappa shape index (κ3) is 2.98. The van der Waals surface area contributed by atoms with Gasteiger partial charge in [-0.1, -0.05) is 34.1 Å². The average Bonchev–Trinajstić information content (AvgIpc) is 2.68. The molecule has 1 heterocycles. The molecule has 18 heavy (non-hydrogen) atoms. The van der Waals surface area contributed by atoms with Gasteiger partial charge < -0.3 is 15.1 Å². The number of halogens is 1. The van der Waals surface area contributed by atoms with Crippen molar-refractivity contribution in [1.29, 1.82) is 0 Å². The summed E-state index contributed by atoms with van der Waals surface area (Å²) in [5.41, 5.74) is 0.908. The summed E-state index contributed by atoms with van der Waals surface area (Å²) in [4.78, 5) is 13.3. The number of hydrogen-bond acceptors (Lipinski definition) is 3. The van der Waals surface area contributed by atoms with Gasteiger partial charge in [0.05, 0.1) is 12.2 Å². The minimum absolute atomic E-state index is 0.181. The van der Waals surface area contributed by atoms with Crippen molar-refractivity contribution in [3.63, 3.8) is 0 Å². The first-order valence-corrected chi connectivity index (χ1v) is 6.45. The molecule has 1 fully saturated rings. The molecule has 1 aliphatic rings. The lowest BCUT2D eigenvalue weighted by Crippen LogP contribution is -2.27. The van der Waals surface area contributed by atoms with Gasteiger partial charge in [0.25, 0.3) is 0 Å². The number of aliphatic hydroxyl groups excluding tert-OH is 2. The normalized spacial score (nSPS) is 23.8. The summed E-state index contributed by atoms with van der Waals surface area (Å²) < 4.78 is 0.913. The number of β-amino-alcohol motifs (C(OH)–C–C–N with tert-alkyl or cyclic N) is 2. The molecule has 2 atom stereocenters. The minimum Gasteiger partial charge on any atom is -0.388 e. The summed E-state index contributed by atoms with van der Waals surface area (Å²) in [5.74, 6) is -0.207. The zero-order valence-electron chi connectivity index (χ0n) is 9.66. The van der Waals surface area contributed by atoms with Gasteiger partial charge in [-0.25, -0.2) is 0 Å². The van der Waals surface area contributed by atoms with Gasteiger partial charge in [0.15, 0.2) is 0 Å². The Labute approximate surface area is 114 Å². The van der Waals surface area contributed by atoms with E-state index in [4.69, 9.17) is 0 Å². The van der Waals surface area contributed by atoms with Crippen molar-refractivity contribution in [1.82, 2.24) is 4.90 Å². The quantitative estimate of drug-likeness (QED) is 0.802. The number of benzene rings is 1. The highest BCUT2D eigenvalue weighted by molar-refractivity contribution is 9.10. The monoisotopic (exact) mass is 311 g/mol. The molecule has 1 saturated heterocycles. The van der Waals surface area contributed by atoms with E-state index in [1.165, 1.54) is 11.0 Å². The molecule has 1 aromatic carbocycles. The number of nitrogens with zero attached hydrogens (tertiary/aromatic N) is 1. The molecule has 4 nitrogen and oxygen atoms in total. The number of aliphatic hydroxyl groups is 2. The Kier molecular flexibility index (Phi) is 4.16. The fourth-order valence-corrected chi connectivity index (χ4v) is 2.24. The maximum atomic E-state index is 11.8. The molecule has 0 saturated carbocycles. The number of likely N-dealkylation sites (tertiary alicyclic amines) is 1. The summed E-state index contributed by atoms with van der Waals surface area (Å²) in [6, 6.07) is 7.57. The first-order valence-electron chi connectivity index (χ1n) is 5.65. The van der Waals surface area contributed by atoms with Gasteiger partial charge in [-0.3, -0.25) is 4.79 Å². The van der Waals surface area contributed by atoms with E-state index in [9.17, 15) is 15.0 Å². The van der Waals surface area contributed by atoms with Crippen LogP contribution in [0.25, 0.3) is 6.08 Å². The first kappa shape index (κ1) is 13.3. The molecule has 1 aliphatic heterocycles. The van der Waals surface area contributed by atoms with Crippen molar-refractivity contribution in [2.24, 2.45) is 0 Å². The Balaban J connectivity index is 2.02. The number of amides is 1. The molecule has 1 aromatic rings. The fraction of sp³-hybridized carbons (Fsp3) is 0.308. The van der Waals surface area contributed by atoms with Crippen molar-refractivity contribution in [2.75, 3.05) is 13.1 Å². The predicted octanol–water partition coefficient (Wildman–Crippen LogP) is 1.03. The first-order chi connectivity index (χ1) is 8.58. The topological polar surface area (TPSA) is 60.8 Å². The van der Waals surface area contributed by atoms with Crippen LogP contribution < -0.4 is 0 Å². The van der Waals surface area contributed by atoms with Gasteiger partial charge in [-0.05, 0) is 17.7 Å². The lowest BCUT2D eigenvalue weighted by atomic mass is 10.2. The van der Waals surface area contributed by atoms with Crippen LogP contribution in [0, 0.1) is 0 Å². The van der Waals surface area contributed by atoms with Gasteiger partial charge >= 0.3 is 0 Å². The summed E-state index contributed by atoms with van der Waals surface area (Å²) in [5, 5.41) is 18.7. The second-order valence-electron chi connectivity index (χ2n) is 4.23. The lowest BCUT2D eigenvalue weighted by Gasteiger charge is -2.12. The third-order valence-electron chi connectivity index (χ3n) is 2.88. The summed E-state index contributed by atoms with van der Waals surface area (Å²) in [6.07, 6.45) is 1.48. The maximum absolute atomic E-state index is 11.8. The van der Waals surface area contributed by atoms with Gasteiger partial charge in [0, 0.05) is 23.6 Å². The van der Waals surface area contributed by atoms with Gasteiger partial charge in [0.2, 0.25) is 5.91 Å². The Hall–Kier alpha value is -1.17. The van der Waals surface area contributed by atoms with Crippen molar-refractivity contribution >= 4 is 27.9 Å². The second kappa shape index (κ2) is 5.65. The van der Waals surface area contributed by atoms with E-state index in [1.54, 1.807) is 6.08 Å². The Morgan fingerprint density at radius 3 is 2.50 bits per heavy atom. The van der Waals surface area contributed by atoms with Crippen molar-refractivity contribution in [3.05, 3.63) is 40.4 Å². The van der Waals surface area contributed by atoms with E-state index in [0.29, 0.717) is 0 Å². The molecule has 5 heteroatoms. The second-order valence-corrected chi connectivity index (χ2v) is 5.09. The molecule has 0 unspecified atom stereocenters. The Morgan fingerprint density at radius 2 is 1.89 bits per heavy atom. The molecular formula is C13H14BrNO3. The van der Waals surface area contributed by atoms with Crippen molar-refractivity contribution in [2.45, 2.75) is 12.2 Å². The van der Waals surface area contributed by atoms with Crippen LogP contribution in [0.1, 0.15) is 5.56 Å². The number of rotatable bonds is 2. The SMILES string of the molecule is O=C(C=Cc1ccccc1Br)N1C[C@@H](O)[C@@H](O)C1. The molecule has 2 N–H and O–H groups in total. The Bertz CT molecular complexity index is 465. The number of carbonyl (C=O) groups is 1. The molecule has 96 valence electrons. The van der Waals surface area contributed by atoms with Gasteiger partial charge in [0.1, 0.15) is 0 Å². The van der Waals surface area contributed by atoms with E-state index in [0.717, 1.165) is 10.0 Å². The summed E-state index contributed by atoms with van der Waals surface area (Å²) in [6.45, 7) is 0.362. The zero-order valence-corrected chi connectivity index (χ0v) is 11.2. The molecule has 0 aromatic heterocycles. The standard InChI is InChI=1S/C13H14BrNO3/c14-10-4-2-1-3-9(10)5-6-13(18)15-7-11(16)12(17)8-15/h1-6,11-12,16-17H,7-8H2/t11-,12+. The van der Waals surface area contributed by atoms with Crippen LogP contribution in [-0.2, 0) is 4.79 Å². The highest BCUT2D eigenvalue weighted by Crippen LogP contribution is 2.17. The summed E-state index contributed by atoms with van der Waals surface area (Å²) in [7, 11) is 0. The average molecular weight is 312 g/mol. The predicted molar refractivity (Wildman–Crippen MR) is 71.8 cm³/mol. The van der Waals surface area contributed by atoms with Gasteiger partial charge in [-0.15, -0.1) is 0 Å². The van der Waals surface area contributed by atoms with E-state index in [1.807, 2.05) is 24.3 Å². The van der Waals surface area contributed by atoms with Crippen LogP contribution in [0.2, 0.25) is 0 Å². The molecule has 0 radical (unpaired) electrons. The lowest BCUT2D eigenvalue weighted by molar-refractivity contribution is -0.125. The number of carbonyl (C=O) groups excluding carboxylic acids is 1. The van der Waals surface area contributed by atoms with Crippen LogP contribution >= 0.6 is 15.9 Å². The largest absolute Gasteiger partial charge is 0.388 e. The molecule has 0 spiro atoms. The van der Waals surface area contributed by atoms with Crippen LogP contribution in [0.15, 0.2) is 34.8 Å². The molecule has 2 rings (SSSR count). The molecule has 0 bridgehead atoms. The minimum atomic E-state index is -0.842. The van der Waals surface area contributed by atoms with E-state index in [2.05, 4.69) is 15.9 Å². The molecule has 0 aliphatic carbocycles. The smallest absolute Gasteiger partial charge is 0.246 e. The van der Waals surface area contributed by atoms with Crippen LogP contribution in [-0.4, -0.2) is 46.3 Å². The van der Waals surface area contributed by atoms with Crippen molar-refractivity contribution in [3.8, 4) is 0 Å². The highest BCUT2D eigenvalue weighted by atomic mass is 79.9. The third-order valence-corrected chi connectivity index (χ3v) is 3.60. The highest BCUT2D eigenvalue weighted by Gasteiger charge is 2.31. The van der Waals surface area contributed by atoms with Crippen molar-refractivity contribution < 1.29 is 15.0 Å². The maximum Gasteiger partial charge on any atom is 0.246 e. The molecule has 1 amide bonds. The fourth-order valence-electron chi connectivity index (χ4n) is 1.83. The van der Waals surface area contributed by atoms with E-state index in [-0.39, 0.29) is 19.0 Å². The van der Waals surface area contributed by atoms with Gasteiger partial charge in [-0.2, -0.15) is 0 Å². The van der Waals surface area contributed by atoms with E-state index >= 15 is 0 Å². The van der Waals surface area contributed by atoms with Crippen LogP contribution in [0.5, 0.6) is 0 Å². The van der Waals surface area contributed by atoms with Crippen LogP contribution in [0.3, 0.4) is 0 Å². The number of hydrogen-bond donors (Lipinski definition) is 2. The van der Waals surface area contributed by atoms with Crippen LogP contribution in [0.4, 0.5) is 0 Å². The molecular weight excluding hydrogens is 298 g/mol.